The summed E-state index contributed by atoms with van der Waals surface area (Å²) in [5, 5.41) is 0. The molecule has 3 rings (SSSR count). The molecule has 1 aromatic rings. The first-order valence-electron chi connectivity index (χ1n) is 5.96. The molecule has 2 aliphatic rings. The van der Waals surface area contributed by atoms with E-state index in [0.29, 0.717) is 17.6 Å². The third-order valence-electron chi connectivity index (χ3n) is 4.08. The maximum Gasteiger partial charge on any atom is 0.144 e. The van der Waals surface area contributed by atoms with E-state index in [1.165, 1.54) is 24.8 Å². The fourth-order valence-electron chi connectivity index (χ4n) is 3.31. The van der Waals surface area contributed by atoms with Crippen molar-refractivity contribution in [3.63, 3.8) is 0 Å². The molecule has 1 heteroatoms. The summed E-state index contributed by atoms with van der Waals surface area (Å²) in [6.07, 6.45) is 4.98. The Balaban J connectivity index is 1.86. The Kier molecular flexibility index (Phi) is 2.12. The highest BCUT2D eigenvalue weighted by molar-refractivity contribution is 5.94. The number of ketones is 1. The highest BCUT2D eigenvalue weighted by atomic mass is 16.1. The van der Waals surface area contributed by atoms with Gasteiger partial charge >= 0.3 is 0 Å². The van der Waals surface area contributed by atoms with Crippen molar-refractivity contribution in [1.82, 2.24) is 0 Å². The van der Waals surface area contributed by atoms with Crippen LogP contribution in [0.4, 0.5) is 0 Å². The van der Waals surface area contributed by atoms with Gasteiger partial charge in [0.1, 0.15) is 5.78 Å². The third-order valence-corrected chi connectivity index (χ3v) is 4.08. The van der Waals surface area contributed by atoms with Crippen LogP contribution in [0.3, 0.4) is 0 Å². The van der Waals surface area contributed by atoms with Crippen LogP contribution in [0.2, 0.25) is 0 Å². The van der Waals surface area contributed by atoms with E-state index in [-0.39, 0.29) is 5.92 Å². The van der Waals surface area contributed by atoms with E-state index in [9.17, 15) is 4.79 Å². The first-order valence-corrected chi connectivity index (χ1v) is 5.96. The highest BCUT2D eigenvalue weighted by Gasteiger charge is 2.50. The van der Waals surface area contributed by atoms with Crippen LogP contribution in [0.25, 0.3) is 0 Å². The van der Waals surface area contributed by atoms with E-state index in [1.807, 2.05) is 18.2 Å². The lowest BCUT2D eigenvalue weighted by Crippen LogP contribution is -2.47. The first-order chi connectivity index (χ1) is 7.38. The zero-order chi connectivity index (χ0) is 10.3. The third kappa shape index (κ3) is 1.33. The van der Waals surface area contributed by atoms with Crippen molar-refractivity contribution < 1.29 is 4.79 Å². The van der Waals surface area contributed by atoms with Crippen molar-refractivity contribution in [2.45, 2.75) is 31.6 Å². The van der Waals surface area contributed by atoms with Crippen LogP contribution < -0.4 is 0 Å². The normalized spacial score (nSPS) is 34.4. The van der Waals surface area contributed by atoms with E-state index in [4.69, 9.17) is 0 Å². The van der Waals surface area contributed by atoms with E-state index < -0.39 is 0 Å². The van der Waals surface area contributed by atoms with Crippen LogP contribution >= 0.6 is 0 Å². The minimum Gasteiger partial charge on any atom is -0.299 e. The Morgan fingerprint density at radius 3 is 2.53 bits per heavy atom. The van der Waals surface area contributed by atoms with Crippen LogP contribution in [0, 0.1) is 11.8 Å². The van der Waals surface area contributed by atoms with Gasteiger partial charge < -0.3 is 0 Å². The van der Waals surface area contributed by atoms with E-state index in [2.05, 4.69) is 12.1 Å². The first kappa shape index (κ1) is 9.14. The lowest BCUT2D eigenvalue weighted by molar-refractivity contribution is -0.139. The summed E-state index contributed by atoms with van der Waals surface area (Å²) >= 11 is 0. The van der Waals surface area contributed by atoms with Gasteiger partial charge in [-0.1, -0.05) is 43.2 Å². The number of benzene rings is 1. The van der Waals surface area contributed by atoms with Crippen LogP contribution in [0.15, 0.2) is 30.3 Å². The molecule has 15 heavy (non-hydrogen) atoms. The second-order valence-corrected chi connectivity index (χ2v) is 4.85. The Bertz CT molecular complexity index is 368. The molecule has 78 valence electrons. The van der Waals surface area contributed by atoms with Crippen molar-refractivity contribution in [2.75, 3.05) is 0 Å². The molecule has 0 N–H and O–H groups in total. The fraction of sp³-hybridized carbons (Fsp3) is 0.500. The van der Waals surface area contributed by atoms with Crippen molar-refractivity contribution in [2.24, 2.45) is 11.8 Å². The molecule has 0 spiro atoms. The van der Waals surface area contributed by atoms with Crippen molar-refractivity contribution >= 4 is 5.78 Å². The number of hydrogen-bond acceptors (Lipinski definition) is 1. The lowest BCUT2D eigenvalue weighted by atomic mass is 9.56. The largest absolute Gasteiger partial charge is 0.299 e. The fourth-order valence-corrected chi connectivity index (χ4v) is 3.31. The number of rotatable bonds is 1. The van der Waals surface area contributed by atoms with Gasteiger partial charge in [0.2, 0.25) is 0 Å². The van der Waals surface area contributed by atoms with E-state index >= 15 is 0 Å². The zero-order valence-corrected chi connectivity index (χ0v) is 8.86. The van der Waals surface area contributed by atoms with Gasteiger partial charge in [-0.3, -0.25) is 4.79 Å². The maximum atomic E-state index is 12.0. The van der Waals surface area contributed by atoms with Gasteiger partial charge in [-0.25, -0.2) is 0 Å². The van der Waals surface area contributed by atoms with Gasteiger partial charge in [0.05, 0.1) is 0 Å². The van der Waals surface area contributed by atoms with Crippen LogP contribution in [-0.2, 0) is 4.79 Å². The predicted molar refractivity (Wildman–Crippen MR) is 59.6 cm³/mol. The summed E-state index contributed by atoms with van der Waals surface area (Å²) in [5.74, 6) is 1.81. The molecule has 2 fully saturated rings. The summed E-state index contributed by atoms with van der Waals surface area (Å²) in [6, 6.07) is 10.3. The molecule has 0 aromatic heterocycles. The van der Waals surface area contributed by atoms with Gasteiger partial charge in [-0.2, -0.15) is 0 Å². The minimum absolute atomic E-state index is 0.233. The Morgan fingerprint density at radius 2 is 1.73 bits per heavy atom. The average Bonchev–Trinajstić information content (AvgIpc) is 2.30. The number of Topliss-reactive ketones (excluding diaryl/α,β-unsaturated/α-hetero) is 1. The molecule has 0 aliphatic heterocycles. The van der Waals surface area contributed by atoms with Crippen molar-refractivity contribution in [3.8, 4) is 0 Å². The molecule has 0 saturated heterocycles. The molecule has 0 amide bonds. The zero-order valence-electron chi connectivity index (χ0n) is 8.86. The summed E-state index contributed by atoms with van der Waals surface area (Å²) in [4.78, 5) is 12.0. The maximum absolute atomic E-state index is 12.0. The minimum atomic E-state index is 0.233. The van der Waals surface area contributed by atoms with Crippen LogP contribution in [0.5, 0.6) is 0 Å². The van der Waals surface area contributed by atoms with Gasteiger partial charge in [0.15, 0.2) is 0 Å². The smallest absolute Gasteiger partial charge is 0.144 e. The molecular formula is C14H16O. The van der Waals surface area contributed by atoms with Gasteiger partial charge in [-0.05, 0) is 24.3 Å². The average molecular weight is 200 g/mol. The van der Waals surface area contributed by atoms with E-state index in [1.54, 1.807) is 0 Å². The second-order valence-electron chi connectivity index (χ2n) is 4.85. The molecule has 3 atom stereocenters. The van der Waals surface area contributed by atoms with Crippen LogP contribution in [0.1, 0.15) is 37.2 Å². The van der Waals surface area contributed by atoms with Gasteiger partial charge in [-0.15, -0.1) is 0 Å². The summed E-state index contributed by atoms with van der Waals surface area (Å²) in [6.45, 7) is 0. The van der Waals surface area contributed by atoms with Gasteiger partial charge in [0, 0.05) is 11.8 Å². The lowest BCUT2D eigenvalue weighted by Gasteiger charge is -2.46. The molecule has 0 heterocycles. The second kappa shape index (κ2) is 3.48. The highest BCUT2D eigenvalue weighted by Crippen LogP contribution is 2.51. The molecule has 1 unspecified atom stereocenters. The quantitative estimate of drug-likeness (QED) is 0.680. The number of carbonyl (C=O) groups is 1. The summed E-state index contributed by atoms with van der Waals surface area (Å²) in [7, 11) is 0. The summed E-state index contributed by atoms with van der Waals surface area (Å²) < 4.78 is 0. The number of hydrogen-bond donors (Lipinski definition) is 0. The molecule has 2 saturated carbocycles. The molecular weight excluding hydrogens is 184 g/mol. The van der Waals surface area contributed by atoms with Crippen molar-refractivity contribution in [1.29, 1.82) is 0 Å². The topological polar surface area (TPSA) is 17.1 Å². The Morgan fingerprint density at radius 1 is 1.00 bits per heavy atom. The summed E-state index contributed by atoms with van der Waals surface area (Å²) in [5.41, 5.74) is 1.24. The standard InChI is InChI=1S/C14H16O/c15-14-12-9-5-4-8-11(12)13(14)10-6-2-1-3-7-10/h1-3,6-7,11-13H,4-5,8-9H2/t11-,12+,13?/m1/s1. The SMILES string of the molecule is O=C1C(c2ccccc2)[C@@H]2CCCC[C@H]12. The Labute approximate surface area is 90.5 Å². The van der Waals surface area contributed by atoms with Crippen molar-refractivity contribution in [3.05, 3.63) is 35.9 Å². The predicted octanol–water partition coefficient (Wildman–Crippen LogP) is 3.16. The molecule has 0 bridgehead atoms. The number of carbonyl (C=O) groups excluding carboxylic acids is 1. The molecule has 0 radical (unpaired) electrons. The van der Waals surface area contributed by atoms with Gasteiger partial charge in [0.25, 0.3) is 0 Å². The molecule has 1 aromatic carbocycles. The van der Waals surface area contributed by atoms with Crippen LogP contribution in [-0.4, -0.2) is 5.78 Å². The molecule has 1 nitrogen and oxygen atoms in total. The number of fused-ring (bicyclic) bond motifs is 1. The molecule has 2 aliphatic carbocycles. The monoisotopic (exact) mass is 200 g/mol. The van der Waals surface area contributed by atoms with E-state index in [0.717, 1.165) is 6.42 Å². The Hall–Kier alpha value is -1.11.